The minimum atomic E-state index is -0.177. The third-order valence-electron chi connectivity index (χ3n) is 3.49. The van der Waals surface area contributed by atoms with Crippen molar-refractivity contribution in [3.05, 3.63) is 81.1 Å². The molecule has 5 nitrogen and oxygen atoms in total. The highest BCUT2D eigenvalue weighted by Gasteiger charge is 2.07. The second-order valence-electron chi connectivity index (χ2n) is 5.22. The minimum absolute atomic E-state index is 0.156. The van der Waals surface area contributed by atoms with Crippen molar-refractivity contribution in [1.82, 2.24) is 9.78 Å². The Morgan fingerprint density at radius 1 is 1.08 bits per heavy atom. The van der Waals surface area contributed by atoms with Crippen molar-refractivity contribution in [2.45, 2.75) is 0 Å². The number of anilines is 1. The van der Waals surface area contributed by atoms with E-state index in [2.05, 4.69) is 26.3 Å². The van der Waals surface area contributed by atoms with Crippen LogP contribution in [0.3, 0.4) is 0 Å². The number of hydrogen-bond acceptors (Lipinski definition) is 3. The van der Waals surface area contributed by atoms with Crippen molar-refractivity contribution in [2.24, 2.45) is 7.05 Å². The minimum Gasteiger partial charge on any atom is -0.322 e. The van der Waals surface area contributed by atoms with Gasteiger partial charge < -0.3 is 5.32 Å². The van der Waals surface area contributed by atoms with Crippen molar-refractivity contribution >= 4 is 27.5 Å². The molecule has 2 aromatic carbocycles. The normalized spacial score (nSPS) is 10.4. The van der Waals surface area contributed by atoms with Gasteiger partial charge >= 0.3 is 0 Å². The van der Waals surface area contributed by atoms with Gasteiger partial charge in [-0.1, -0.05) is 34.1 Å². The Kier molecular flexibility index (Phi) is 4.57. The van der Waals surface area contributed by atoms with E-state index in [9.17, 15) is 9.59 Å². The molecule has 3 rings (SSSR count). The third-order valence-corrected chi connectivity index (χ3v) is 3.98. The maximum absolute atomic E-state index is 12.2. The second kappa shape index (κ2) is 6.80. The van der Waals surface area contributed by atoms with Gasteiger partial charge in [0.1, 0.15) is 0 Å². The molecule has 3 aromatic rings. The number of aromatic nitrogens is 2. The maximum Gasteiger partial charge on any atom is 0.266 e. The van der Waals surface area contributed by atoms with Crippen molar-refractivity contribution in [3.63, 3.8) is 0 Å². The van der Waals surface area contributed by atoms with Gasteiger partial charge in [0.25, 0.3) is 11.5 Å². The van der Waals surface area contributed by atoms with Crippen LogP contribution >= 0.6 is 15.9 Å². The fourth-order valence-electron chi connectivity index (χ4n) is 2.21. The molecule has 0 aliphatic heterocycles. The van der Waals surface area contributed by atoms with Crippen LogP contribution in [-0.2, 0) is 7.05 Å². The summed E-state index contributed by atoms with van der Waals surface area (Å²) in [4.78, 5) is 23.6. The first kappa shape index (κ1) is 16.1. The number of benzene rings is 2. The fourth-order valence-corrected chi connectivity index (χ4v) is 2.61. The van der Waals surface area contributed by atoms with Gasteiger partial charge in [0.05, 0.1) is 5.69 Å². The molecule has 0 aliphatic carbocycles. The van der Waals surface area contributed by atoms with E-state index in [0.717, 1.165) is 10.0 Å². The lowest BCUT2D eigenvalue weighted by Gasteiger charge is -2.07. The van der Waals surface area contributed by atoms with Gasteiger partial charge in [-0.2, -0.15) is 5.10 Å². The number of amides is 1. The van der Waals surface area contributed by atoms with Crippen LogP contribution < -0.4 is 10.9 Å². The molecule has 6 heteroatoms. The first-order valence-corrected chi connectivity index (χ1v) is 8.04. The predicted octanol–water partition coefficient (Wildman–Crippen LogP) is 3.46. The van der Waals surface area contributed by atoms with Crippen molar-refractivity contribution in [3.8, 4) is 11.3 Å². The van der Waals surface area contributed by atoms with Crippen LogP contribution in [-0.4, -0.2) is 15.7 Å². The Bertz CT molecular complexity index is 949. The zero-order valence-corrected chi connectivity index (χ0v) is 14.4. The molecule has 0 saturated carbocycles. The van der Waals surface area contributed by atoms with Crippen molar-refractivity contribution < 1.29 is 4.79 Å². The molecule has 0 atom stereocenters. The largest absolute Gasteiger partial charge is 0.322 e. The van der Waals surface area contributed by atoms with Gasteiger partial charge in [-0.15, -0.1) is 0 Å². The summed E-state index contributed by atoms with van der Waals surface area (Å²) in [5.41, 5.74) is 2.67. The van der Waals surface area contributed by atoms with Crippen LogP contribution in [0.4, 0.5) is 5.69 Å². The Morgan fingerprint density at radius 3 is 2.50 bits per heavy atom. The Morgan fingerprint density at radius 2 is 1.83 bits per heavy atom. The quantitative estimate of drug-likeness (QED) is 0.752. The summed E-state index contributed by atoms with van der Waals surface area (Å²) < 4.78 is 2.14. The highest BCUT2D eigenvalue weighted by atomic mass is 79.9. The standard InChI is InChI=1S/C18H14BrN3O2/c1-22-17(23)10-9-16(21-22)12-5-7-15(8-6-12)20-18(24)13-3-2-4-14(19)11-13/h2-11H,1H3,(H,20,24). The summed E-state index contributed by atoms with van der Waals surface area (Å²) >= 11 is 3.35. The summed E-state index contributed by atoms with van der Waals surface area (Å²) in [5, 5.41) is 7.05. The lowest BCUT2D eigenvalue weighted by Crippen LogP contribution is -2.18. The van der Waals surface area contributed by atoms with E-state index in [4.69, 9.17) is 0 Å². The van der Waals surface area contributed by atoms with E-state index in [0.29, 0.717) is 16.9 Å². The van der Waals surface area contributed by atoms with Gasteiger partial charge in [0.2, 0.25) is 0 Å². The number of nitrogens with zero attached hydrogens (tertiary/aromatic N) is 2. The van der Waals surface area contributed by atoms with E-state index in [1.54, 1.807) is 37.4 Å². The molecule has 0 spiro atoms. The molecule has 0 aliphatic rings. The number of carbonyl (C=O) groups is 1. The van der Waals surface area contributed by atoms with Crippen LogP contribution in [0.1, 0.15) is 10.4 Å². The number of halogens is 1. The first-order valence-electron chi connectivity index (χ1n) is 7.25. The van der Waals surface area contributed by atoms with Gasteiger partial charge in [-0.25, -0.2) is 4.68 Å². The van der Waals surface area contributed by atoms with E-state index >= 15 is 0 Å². The van der Waals surface area contributed by atoms with Crippen LogP contribution in [0.25, 0.3) is 11.3 Å². The van der Waals surface area contributed by atoms with Crippen molar-refractivity contribution in [1.29, 1.82) is 0 Å². The van der Waals surface area contributed by atoms with Crippen LogP contribution in [0.15, 0.2) is 69.9 Å². The summed E-state index contributed by atoms with van der Waals surface area (Å²) in [5.74, 6) is -0.177. The van der Waals surface area contributed by atoms with Gasteiger partial charge in [-0.3, -0.25) is 9.59 Å². The monoisotopic (exact) mass is 383 g/mol. The molecule has 0 unspecified atom stereocenters. The van der Waals surface area contributed by atoms with Gasteiger partial charge in [-0.05, 0) is 36.4 Å². The Hall–Kier alpha value is -2.73. The third kappa shape index (κ3) is 3.60. The summed E-state index contributed by atoms with van der Waals surface area (Å²) in [6, 6.07) is 17.7. The number of carbonyl (C=O) groups excluding carboxylic acids is 1. The van der Waals surface area contributed by atoms with Gasteiger partial charge in [0, 0.05) is 34.4 Å². The summed E-state index contributed by atoms with van der Waals surface area (Å²) in [7, 11) is 1.61. The van der Waals surface area contributed by atoms with E-state index in [1.807, 2.05) is 24.3 Å². The average Bonchev–Trinajstić information content (AvgIpc) is 2.58. The number of nitrogens with one attached hydrogen (secondary N) is 1. The lowest BCUT2D eigenvalue weighted by molar-refractivity contribution is 0.102. The number of hydrogen-bond donors (Lipinski definition) is 1. The zero-order chi connectivity index (χ0) is 17.1. The molecule has 1 N–H and O–H groups in total. The van der Waals surface area contributed by atoms with E-state index < -0.39 is 0 Å². The van der Waals surface area contributed by atoms with Crippen LogP contribution in [0.5, 0.6) is 0 Å². The van der Waals surface area contributed by atoms with E-state index in [1.165, 1.54) is 10.7 Å². The molecule has 24 heavy (non-hydrogen) atoms. The summed E-state index contributed by atoms with van der Waals surface area (Å²) in [6.45, 7) is 0. The highest BCUT2D eigenvalue weighted by Crippen LogP contribution is 2.19. The second-order valence-corrected chi connectivity index (χ2v) is 6.14. The fraction of sp³-hybridized carbons (Fsp3) is 0.0556. The molecule has 0 radical (unpaired) electrons. The molecule has 0 fully saturated rings. The molecule has 1 amide bonds. The molecule has 0 bridgehead atoms. The molecule has 1 heterocycles. The first-order chi connectivity index (χ1) is 11.5. The number of aryl methyl sites for hydroxylation is 1. The lowest BCUT2D eigenvalue weighted by atomic mass is 10.1. The topological polar surface area (TPSA) is 64.0 Å². The van der Waals surface area contributed by atoms with Crippen molar-refractivity contribution in [2.75, 3.05) is 5.32 Å². The zero-order valence-electron chi connectivity index (χ0n) is 12.9. The highest BCUT2D eigenvalue weighted by molar-refractivity contribution is 9.10. The smallest absolute Gasteiger partial charge is 0.266 e. The maximum atomic E-state index is 12.2. The number of rotatable bonds is 3. The van der Waals surface area contributed by atoms with Gasteiger partial charge in [0.15, 0.2) is 0 Å². The van der Waals surface area contributed by atoms with Crippen LogP contribution in [0.2, 0.25) is 0 Å². The molecular formula is C18H14BrN3O2. The molecule has 120 valence electrons. The Balaban J connectivity index is 1.78. The molecular weight excluding hydrogens is 370 g/mol. The molecule has 1 aromatic heterocycles. The van der Waals surface area contributed by atoms with E-state index in [-0.39, 0.29) is 11.5 Å². The average molecular weight is 384 g/mol. The molecule has 0 saturated heterocycles. The predicted molar refractivity (Wildman–Crippen MR) is 97.0 cm³/mol. The summed E-state index contributed by atoms with van der Waals surface area (Å²) in [6.07, 6.45) is 0. The Labute approximate surface area is 147 Å². The van der Waals surface area contributed by atoms with Crippen LogP contribution in [0, 0.1) is 0 Å². The SMILES string of the molecule is Cn1nc(-c2ccc(NC(=O)c3cccc(Br)c3)cc2)ccc1=O.